The predicted molar refractivity (Wildman–Crippen MR) is 102 cm³/mol. The van der Waals surface area contributed by atoms with Crippen molar-refractivity contribution in [3.8, 4) is 0 Å². The molecule has 2 N–H and O–H groups in total. The minimum absolute atomic E-state index is 0.202. The number of rotatable bonds is 7. The summed E-state index contributed by atoms with van der Waals surface area (Å²) in [5.74, 6) is -1.83. The van der Waals surface area contributed by atoms with Gasteiger partial charge in [-0.2, -0.15) is 0 Å². The van der Waals surface area contributed by atoms with Gasteiger partial charge >= 0.3 is 0 Å². The van der Waals surface area contributed by atoms with Crippen LogP contribution in [0.2, 0.25) is 0 Å². The van der Waals surface area contributed by atoms with Crippen molar-refractivity contribution in [3.05, 3.63) is 12.2 Å². The molecule has 158 valence electrons. The number of hydrogen-bond acceptors (Lipinski definition) is 6. The highest BCUT2D eigenvalue weighted by Crippen LogP contribution is 2.32. The van der Waals surface area contributed by atoms with Gasteiger partial charge in [0.1, 0.15) is 12.1 Å². The summed E-state index contributed by atoms with van der Waals surface area (Å²) >= 11 is 0. The summed E-state index contributed by atoms with van der Waals surface area (Å²) in [6.07, 6.45) is 2.52. The predicted octanol–water partition coefficient (Wildman–Crippen LogP) is 1.09. The molecule has 28 heavy (non-hydrogen) atoms. The molecule has 0 bridgehead atoms. The van der Waals surface area contributed by atoms with Crippen LogP contribution in [0.1, 0.15) is 47.0 Å². The fourth-order valence-corrected chi connectivity index (χ4v) is 3.33. The van der Waals surface area contributed by atoms with Crippen LogP contribution in [0.15, 0.2) is 12.2 Å². The van der Waals surface area contributed by atoms with Gasteiger partial charge in [-0.05, 0) is 45.1 Å². The van der Waals surface area contributed by atoms with Crippen LogP contribution in [-0.2, 0) is 28.6 Å². The summed E-state index contributed by atoms with van der Waals surface area (Å²) in [5, 5.41) is 5.51. The zero-order valence-electron chi connectivity index (χ0n) is 17.3. The molecule has 0 aromatic carbocycles. The summed E-state index contributed by atoms with van der Waals surface area (Å²) < 4.78 is 17.0. The van der Waals surface area contributed by atoms with Gasteiger partial charge in [0.15, 0.2) is 23.8 Å². The molecule has 2 rings (SSSR count). The molecule has 0 saturated carbocycles. The van der Waals surface area contributed by atoms with Crippen LogP contribution in [0.5, 0.6) is 0 Å². The first-order valence-corrected chi connectivity index (χ1v) is 9.83. The molecule has 2 saturated heterocycles. The first-order valence-electron chi connectivity index (χ1n) is 9.83. The lowest BCUT2D eigenvalue weighted by Crippen LogP contribution is -2.54. The molecular formula is C20H32N2O6. The Morgan fingerprint density at radius 2 is 2.00 bits per heavy atom. The Balaban J connectivity index is 2.15. The normalized spacial score (nSPS) is 28.8. The molecule has 2 heterocycles. The van der Waals surface area contributed by atoms with E-state index < -0.39 is 36.0 Å². The quantitative estimate of drug-likeness (QED) is 0.625. The summed E-state index contributed by atoms with van der Waals surface area (Å²) in [4.78, 5) is 37.6. The number of hydrogen-bond donors (Lipinski definition) is 2. The number of allylic oxidation sites excluding steroid dienone is 1. The lowest BCUT2D eigenvalue weighted by atomic mass is 10.0. The molecule has 2 amide bonds. The zero-order valence-corrected chi connectivity index (χ0v) is 17.3. The number of amides is 2. The van der Waals surface area contributed by atoms with Crippen LogP contribution in [0, 0.1) is 5.92 Å². The second kappa shape index (κ2) is 9.62. The number of ketones is 1. The highest BCUT2D eigenvalue weighted by Gasteiger charge is 2.50. The number of methoxy groups -OCH3 is 1. The Hall–Kier alpha value is -1.77. The minimum atomic E-state index is -1.08. The maximum Gasteiger partial charge on any atom is 0.252 e. The third kappa shape index (κ3) is 5.86. The molecule has 0 aromatic rings. The van der Waals surface area contributed by atoms with E-state index in [1.165, 1.54) is 13.2 Å². The highest BCUT2D eigenvalue weighted by molar-refractivity contribution is 5.96. The van der Waals surface area contributed by atoms with Gasteiger partial charge in [0.25, 0.3) is 5.91 Å². The van der Waals surface area contributed by atoms with Crippen molar-refractivity contribution in [2.75, 3.05) is 13.7 Å². The lowest BCUT2D eigenvalue weighted by Gasteiger charge is -2.25. The molecule has 2 aliphatic rings. The summed E-state index contributed by atoms with van der Waals surface area (Å²) in [6, 6.07) is -0.627. The van der Waals surface area contributed by atoms with Crippen molar-refractivity contribution in [2.45, 2.75) is 77.1 Å². The van der Waals surface area contributed by atoms with Crippen LogP contribution < -0.4 is 10.6 Å². The molecule has 8 heteroatoms. The van der Waals surface area contributed by atoms with Gasteiger partial charge in [-0.1, -0.05) is 19.9 Å². The van der Waals surface area contributed by atoms with Crippen LogP contribution in [-0.4, -0.2) is 61.4 Å². The summed E-state index contributed by atoms with van der Waals surface area (Å²) in [5.41, 5.74) is 0. The Kier molecular flexibility index (Phi) is 7.74. The molecule has 8 nitrogen and oxygen atoms in total. The fourth-order valence-electron chi connectivity index (χ4n) is 3.33. The molecule has 0 unspecified atom stereocenters. The number of carbonyl (C=O) groups excluding carboxylic acids is 3. The SMILES string of the molecule is CO[C@@H](C(=O)N[C@H]1CCCCNC1=O)[C@@H]1OC(C)(C)O[C@H]1C(=O)/C=C/C(C)C. The minimum Gasteiger partial charge on any atom is -0.369 e. The van der Waals surface area contributed by atoms with Crippen molar-refractivity contribution in [1.82, 2.24) is 10.6 Å². The van der Waals surface area contributed by atoms with Crippen molar-refractivity contribution < 1.29 is 28.6 Å². The first-order chi connectivity index (χ1) is 13.1. The molecule has 4 atom stereocenters. The van der Waals surface area contributed by atoms with E-state index in [0.717, 1.165) is 12.8 Å². The van der Waals surface area contributed by atoms with Gasteiger partial charge < -0.3 is 24.8 Å². The van der Waals surface area contributed by atoms with Crippen LogP contribution in [0.4, 0.5) is 0 Å². The number of ether oxygens (including phenoxy) is 3. The molecule has 0 radical (unpaired) electrons. The van der Waals surface area contributed by atoms with Gasteiger partial charge in [0.05, 0.1) is 0 Å². The van der Waals surface area contributed by atoms with E-state index in [2.05, 4.69) is 10.6 Å². The Morgan fingerprint density at radius 1 is 1.29 bits per heavy atom. The molecule has 0 spiro atoms. The highest BCUT2D eigenvalue weighted by atomic mass is 16.8. The smallest absolute Gasteiger partial charge is 0.252 e. The summed E-state index contributed by atoms with van der Waals surface area (Å²) in [7, 11) is 1.37. The van der Waals surface area contributed by atoms with Gasteiger partial charge in [0, 0.05) is 13.7 Å². The van der Waals surface area contributed by atoms with E-state index in [1.807, 2.05) is 13.8 Å². The fraction of sp³-hybridized carbons (Fsp3) is 0.750. The Bertz CT molecular complexity index is 616. The molecule has 0 aliphatic carbocycles. The zero-order chi connectivity index (χ0) is 20.9. The largest absolute Gasteiger partial charge is 0.369 e. The van der Waals surface area contributed by atoms with E-state index in [1.54, 1.807) is 19.9 Å². The van der Waals surface area contributed by atoms with Crippen LogP contribution in [0.25, 0.3) is 0 Å². The van der Waals surface area contributed by atoms with E-state index in [9.17, 15) is 14.4 Å². The van der Waals surface area contributed by atoms with Crippen LogP contribution in [0.3, 0.4) is 0 Å². The van der Waals surface area contributed by atoms with Gasteiger partial charge in [0.2, 0.25) is 5.91 Å². The monoisotopic (exact) mass is 396 g/mol. The van der Waals surface area contributed by atoms with Crippen molar-refractivity contribution in [3.63, 3.8) is 0 Å². The van der Waals surface area contributed by atoms with E-state index in [4.69, 9.17) is 14.2 Å². The van der Waals surface area contributed by atoms with Crippen molar-refractivity contribution in [2.24, 2.45) is 5.92 Å². The maximum absolute atomic E-state index is 12.9. The lowest BCUT2D eigenvalue weighted by molar-refractivity contribution is -0.164. The van der Waals surface area contributed by atoms with E-state index in [0.29, 0.717) is 13.0 Å². The second-order valence-electron chi connectivity index (χ2n) is 8.03. The van der Waals surface area contributed by atoms with Crippen molar-refractivity contribution in [1.29, 1.82) is 0 Å². The van der Waals surface area contributed by atoms with Gasteiger partial charge in [-0.15, -0.1) is 0 Å². The Labute approximate surface area is 166 Å². The van der Waals surface area contributed by atoms with E-state index in [-0.39, 0.29) is 17.6 Å². The third-order valence-corrected chi connectivity index (χ3v) is 4.72. The average Bonchev–Trinajstić information content (AvgIpc) is 2.79. The first kappa shape index (κ1) is 22.5. The van der Waals surface area contributed by atoms with Gasteiger partial charge in [-0.25, -0.2) is 0 Å². The van der Waals surface area contributed by atoms with Crippen molar-refractivity contribution >= 4 is 17.6 Å². The van der Waals surface area contributed by atoms with Gasteiger partial charge in [-0.3, -0.25) is 14.4 Å². The Morgan fingerprint density at radius 3 is 2.64 bits per heavy atom. The average molecular weight is 396 g/mol. The second-order valence-corrected chi connectivity index (χ2v) is 8.03. The standard InChI is InChI=1S/C20H32N2O6/c1-12(2)9-10-14(23)15-16(28-20(3,4)27-15)17(26-5)19(25)22-13-8-6-7-11-21-18(13)24/h9-10,12-13,15-17H,6-8,11H2,1-5H3,(H,21,24)(H,22,25)/b10-9+/t13-,15-,16+,17+/m0/s1. The molecule has 2 fully saturated rings. The van der Waals surface area contributed by atoms with E-state index >= 15 is 0 Å². The molecular weight excluding hydrogens is 364 g/mol. The molecule has 0 aromatic heterocycles. The number of carbonyl (C=O) groups is 3. The summed E-state index contributed by atoms with van der Waals surface area (Å²) in [6.45, 7) is 7.89. The topological polar surface area (TPSA) is 103 Å². The third-order valence-electron chi connectivity index (χ3n) is 4.72. The maximum atomic E-state index is 12.9. The van der Waals surface area contributed by atoms with Crippen LogP contribution >= 0.6 is 0 Å². The molecule has 2 aliphatic heterocycles. The number of nitrogens with one attached hydrogen (secondary N) is 2.